The summed E-state index contributed by atoms with van der Waals surface area (Å²) in [6.45, 7) is 0.0460. The van der Waals surface area contributed by atoms with E-state index in [1.807, 2.05) is 47.0 Å². The molecule has 0 amide bonds. The van der Waals surface area contributed by atoms with E-state index in [4.69, 9.17) is 4.98 Å². The molecule has 0 saturated heterocycles. The van der Waals surface area contributed by atoms with Gasteiger partial charge in [0.2, 0.25) is 4.96 Å². The molecule has 2 aromatic heterocycles. The molecule has 22 heavy (non-hydrogen) atoms. The lowest BCUT2D eigenvalue weighted by atomic mass is 10.0. The van der Waals surface area contributed by atoms with Gasteiger partial charge in [-0.15, -0.1) is 0 Å². The maximum absolute atomic E-state index is 9.20. The van der Waals surface area contributed by atoms with E-state index in [1.54, 1.807) is 5.51 Å². The van der Waals surface area contributed by atoms with Crippen molar-refractivity contribution in [2.45, 2.75) is 6.61 Å². The van der Waals surface area contributed by atoms with E-state index in [0.29, 0.717) is 0 Å². The van der Waals surface area contributed by atoms with Crippen LogP contribution in [-0.2, 0) is 6.61 Å². The highest BCUT2D eigenvalue weighted by Crippen LogP contribution is 2.33. The van der Waals surface area contributed by atoms with Crippen molar-refractivity contribution in [2.24, 2.45) is 0 Å². The molecule has 1 N–H and O–H groups in total. The van der Waals surface area contributed by atoms with Crippen LogP contribution in [0.5, 0.6) is 0 Å². The number of imidazole rings is 1. The van der Waals surface area contributed by atoms with E-state index in [0.717, 1.165) is 33.0 Å². The fourth-order valence-corrected chi connectivity index (χ4v) is 3.14. The van der Waals surface area contributed by atoms with Crippen LogP contribution >= 0.6 is 11.3 Å². The van der Waals surface area contributed by atoms with Gasteiger partial charge in [0, 0.05) is 11.1 Å². The van der Waals surface area contributed by atoms with Crippen molar-refractivity contribution < 1.29 is 5.11 Å². The second-order valence-corrected chi connectivity index (χ2v) is 5.77. The van der Waals surface area contributed by atoms with Crippen LogP contribution in [0.4, 0.5) is 0 Å². The minimum atomic E-state index is 0.0460. The third kappa shape index (κ3) is 2.11. The summed E-state index contributed by atoms with van der Waals surface area (Å²) in [4.78, 5) is 5.61. The Hall–Kier alpha value is -2.50. The fraction of sp³-hybridized carbons (Fsp3) is 0.0588. The summed E-state index contributed by atoms with van der Waals surface area (Å²) in [6.07, 6.45) is 0. The number of benzene rings is 2. The van der Waals surface area contributed by atoms with Gasteiger partial charge in [0.25, 0.3) is 0 Å². The Balaban J connectivity index is 1.96. The molecular weight excluding hydrogens is 294 g/mol. The number of aliphatic hydroxyl groups excluding tert-OH is 1. The van der Waals surface area contributed by atoms with Crippen molar-refractivity contribution in [1.29, 1.82) is 0 Å². The van der Waals surface area contributed by atoms with E-state index >= 15 is 0 Å². The number of fused-ring (bicyclic) bond motifs is 1. The molecule has 0 bridgehead atoms. The first-order chi connectivity index (χ1) is 10.9. The van der Waals surface area contributed by atoms with Gasteiger partial charge in [-0.2, -0.15) is 5.10 Å². The molecule has 2 aromatic carbocycles. The predicted octanol–water partition coefficient (Wildman–Crippen LogP) is 3.62. The standard InChI is InChI=1S/C17H13N3OS/c21-10-12-6-8-14(9-7-12)16-15(13-4-2-1-3-5-13)19-17-20(16)18-11-22-17/h1-9,11,21H,10H2. The zero-order valence-electron chi connectivity index (χ0n) is 11.7. The van der Waals surface area contributed by atoms with Gasteiger partial charge in [-0.05, 0) is 5.56 Å². The maximum atomic E-state index is 9.20. The van der Waals surface area contributed by atoms with Crippen molar-refractivity contribution in [2.75, 3.05) is 0 Å². The third-order valence-electron chi connectivity index (χ3n) is 3.60. The van der Waals surface area contributed by atoms with Gasteiger partial charge in [-0.3, -0.25) is 0 Å². The highest BCUT2D eigenvalue weighted by Gasteiger charge is 2.17. The van der Waals surface area contributed by atoms with Crippen LogP contribution in [0.15, 0.2) is 60.1 Å². The molecule has 0 radical (unpaired) electrons. The number of nitrogens with zero attached hydrogens (tertiary/aromatic N) is 3. The van der Waals surface area contributed by atoms with Gasteiger partial charge >= 0.3 is 0 Å². The minimum absolute atomic E-state index is 0.0460. The number of hydrogen-bond donors (Lipinski definition) is 1. The van der Waals surface area contributed by atoms with Crippen LogP contribution < -0.4 is 0 Å². The molecular formula is C17H13N3OS. The molecule has 0 fully saturated rings. The SMILES string of the molecule is OCc1ccc(-c2c(-c3ccccc3)nc3scnn23)cc1. The average molecular weight is 307 g/mol. The first kappa shape index (κ1) is 13.2. The highest BCUT2D eigenvalue weighted by atomic mass is 32.1. The van der Waals surface area contributed by atoms with E-state index in [9.17, 15) is 5.11 Å². The molecule has 0 atom stereocenters. The molecule has 4 nitrogen and oxygen atoms in total. The molecule has 0 aliphatic rings. The van der Waals surface area contributed by atoms with E-state index in [-0.39, 0.29) is 6.61 Å². The monoisotopic (exact) mass is 307 g/mol. The quantitative estimate of drug-likeness (QED) is 0.629. The summed E-state index contributed by atoms with van der Waals surface area (Å²) in [5.74, 6) is 0. The van der Waals surface area contributed by atoms with Gasteiger partial charge in [0.15, 0.2) is 0 Å². The summed E-state index contributed by atoms with van der Waals surface area (Å²) in [6, 6.07) is 18.0. The summed E-state index contributed by atoms with van der Waals surface area (Å²) in [7, 11) is 0. The molecule has 0 saturated carbocycles. The Bertz CT molecular complexity index is 910. The highest BCUT2D eigenvalue weighted by molar-refractivity contribution is 7.14. The van der Waals surface area contributed by atoms with Crippen LogP contribution in [0.1, 0.15) is 5.56 Å². The molecule has 108 valence electrons. The topological polar surface area (TPSA) is 50.4 Å². The predicted molar refractivity (Wildman–Crippen MR) is 87.7 cm³/mol. The Morgan fingerprint density at radius 2 is 1.73 bits per heavy atom. The summed E-state index contributed by atoms with van der Waals surface area (Å²) in [5, 5.41) is 13.6. The second-order valence-electron chi connectivity index (χ2n) is 4.96. The number of aromatic nitrogens is 3. The Kier molecular flexibility index (Phi) is 3.21. The average Bonchev–Trinajstić information content (AvgIpc) is 3.16. The first-order valence-electron chi connectivity index (χ1n) is 6.94. The minimum Gasteiger partial charge on any atom is -0.392 e. The normalized spacial score (nSPS) is 11.1. The van der Waals surface area contributed by atoms with Crippen LogP contribution in [0.2, 0.25) is 0 Å². The summed E-state index contributed by atoms with van der Waals surface area (Å²) in [5.41, 5.74) is 6.70. The lowest BCUT2D eigenvalue weighted by Crippen LogP contribution is -1.91. The third-order valence-corrected chi connectivity index (χ3v) is 4.28. The molecule has 0 unspecified atom stereocenters. The molecule has 0 aliphatic carbocycles. The number of aliphatic hydroxyl groups is 1. The summed E-state index contributed by atoms with van der Waals surface area (Å²) >= 11 is 1.52. The van der Waals surface area contributed by atoms with Gasteiger partial charge in [-0.1, -0.05) is 65.9 Å². The van der Waals surface area contributed by atoms with Crippen LogP contribution in [-0.4, -0.2) is 19.7 Å². The van der Waals surface area contributed by atoms with Crippen molar-refractivity contribution in [3.8, 4) is 22.5 Å². The van der Waals surface area contributed by atoms with Gasteiger partial charge < -0.3 is 5.11 Å². The molecule has 0 spiro atoms. The van der Waals surface area contributed by atoms with Crippen LogP contribution in [0.25, 0.3) is 27.5 Å². The van der Waals surface area contributed by atoms with E-state index in [2.05, 4.69) is 17.2 Å². The molecule has 4 aromatic rings. The Labute approximate surface area is 131 Å². The van der Waals surface area contributed by atoms with Crippen molar-refractivity contribution in [3.05, 3.63) is 65.7 Å². The number of rotatable bonds is 3. The van der Waals surface area contributed by atoms with Gasteiger partial charge in [0.05, 0.1) is 6.61 Å². The maximum Gasteiger partial charge on any atom is 0.213 e. The fourth-order valence-electron chi connectivity index (χ4n) is 2.52. The van der Waals surface area contributed by atoms with Crippen molar-refractivity contribution in [3.63, 3.8) is 0 Å². The molecule has 2 heterocycles. The zero-order valence-corrected chi connectivity index (χ0v) is 12.5. The Morgan fingerprint density at radius 1 is 0.955 bits per heavy atom. The Morgan fingerprint density at radius 3 is 2.45 bits per heavy atom. The first-order valence-corrected chi connectivity index (χ1v) is 7.82. The van der Waals surface area contributed by atoms with Crippen LogP contribution in [0, 0.1) is 0 Å². The van der Waals surface area contributed by atoms with Crippen molar-refractivity contribution in [1.82, 2.24) is 14.6 Å². The molecule has 0 aliphatic heterocycles. The lowest BCUT2D eigenvalue weighted by molar-refractivity contribution is 0.282. The smallest absolute Gasteiger partial charge is 0.213 e. The van der Waals surface area contributed by atoms with Crippen LogP contribution in [0.3, 0.4) is 0 Å². The van der Waals surface area contributed by atoms with E-state index < -0.39 is 0 Å². The second kappa shape index (κ2) is 5.36. The summed E-state index contributed by atoms with van der Waals surface area (Å²) < 4.78 is 1.88. The molecule has 4 rings (SSSR count). The number of hydrogen-bond acceptors (Lipinski definition) is 4. The van der Waals surface area contributed by atoms with Crippen molar-refractivity contribution >= 4 is 16.3 Å². The van der Waals surface area contributed by atoms with Gasteiger partial charge in [-0.25, -0.2) is 9.50 Å². The lowest BCUT2D eigenvalue weighted by Gasteiger charge is -2.05. The van der Waals surface area contributed by atoms with E-state index in [1.165, 1.54) is 11.3 Å². The largest absolute Gasteiger partial charge is 0.392 e. The van der Waals surface area contributed by atoms with Gasteiger partial charge in [0.1, 0.15) is 16.9 Å². The molecule has 5 heteroatoms. The zero-order chi connectivity index (χ0) is 14.9.